The summed E-state index contributed by atoms with van der Waals surface area (Å²) < 4.78 is 32.7. The molecule has 0 amide bonds. The van der Waals surface area contributed by atoms with Gasteiger partial charge in [-0.1, -0.05) is 23.2 Å². The van der Waals surface area contributed by atoms with Gasteiger partial charge in [-0.25, -0.2) is 13.1 Å². The van der Waals surface area contributed by atoms with E-state index in [-0.39, 0.29) is 16.6 Å². The van der Waals surface area contributed by atoms with Crippen molar-refractivity contribution < 1.29 is 18.1 Å². The third-order valence-corrected chi connectivity index (χ3v) is 5.93. The Morgan fingerprint density at radius 2 is 2.17 bits per heavy atom. The fourth-order valence-electron chi connectivity index (χ4n) is 2.72. The number of sulfonamides is 1. The van der Waals surface area contributed by atoms with Crippen LogP contribution in [0, 0.1) is 10.1 Å². The number of nitro groups is 1. The molecule has 1 aliphatic rings. The summed E-state index contributed by atoms with van der Waals surface area (Å²) in [5.41, 5.74) is -1.21. The Morgan fingerprint density at radius 3 is 2.71 bits per heavy atom. The standard InChI is InChI=1S/C13H17Cl2N3O5S/c1-23-8-13(3-2-4-16-13)7-17-24(21,22)12-10(15)5-9(14)6-11(12)18(19)20/h5-6,16-17H,2-4,7-8H2,1H3. The van der Waals surface area contributed by atoms with Crippen LogP contribution in [0.3, 0.4) is 0 Å². The normalized spacial score (nSPS) is 21.1. The molecule has 1 atom stereocenters. The van der Waals surface area contributed by atoms with Crippen molar-refractivity contribution in [3.63, 3.8) is 0 Å². The summed E-state index contributed by atoms with van der Waals surface area (Å²) in [5.74, 6) is 0. The van der Waals surface area contributed by atoms with Gasteiger partial charge in [0, 0.05) is 24.7 Å². The van der Waals surface area contributed by atoms with Crippen LogP contribution in [0.4, 0.5) is 5.69 Å². The van der Waals surface area contributed by atoms with Gasteiger partial charge in [0.05, 0.1) is 22.1 Å². The first-order valence-electron chi connectivity index (χ1n) is 7.08. The van der Waals surface area contributed by atoms with Crippen molar-refractivity contribution in [2.45, 2.75) is 23.3 Å². The van der Waals surface area contributed by atoms with Crippen molar-refractivity contribution >= 4 is 38.9 Å². The molecular formula is C13H17Cl2N3O5S. The Morgan fingerprint density at radius 1 is 1.46 bits per heavy atom. The zero-order chi connectivity index (χ0) is 18.0. The molecule has 24 heavy (non-hydrogen) atoms. The van der Waals surface area contributed by atoms with Crippen LogP contribution >= 0.6 is 23.2 Å². The van der Waals surface area contributed by atoms with Crippen LogP contribution in [0.5, 0.6) is 0 Å². The molecule has 0 aliphatic carbocycles. The Labute approximate surface area is 149 Å². The lowest BCUT2D eigenvalue weighted by Gasteiger charge is -2.28. The number of methoxy groups -OCH3 is 1. The van der Waals surface area contributed by atoms with Gasteiger partial charge < -0.3 is 10.1 Å². The van der Waals surface area contributed by atoms with Gasteiger partial charge in [0.15, 0.2) is 4.90 Å². The monoisotopic (exact) mass is 397 g/mol. The summed E-state index contributed by atoms with van der Waals surface area (Å²) in [5, 5.41) is 14.1. The highest BCUT2D eigenvalue weighted by molar-refractivity contribution is 7.89. The smallest absolute Gasteiger partial charge is 0.292 e. The number of hydrogen-bond acceptors (Lipinski definition) is 6. The molecule has 1 fully saturated rings. The zero-order valence-electron chi connectivity index (χ0n) is 12.8. The minimum Gasteiger partial charge on any atom is -0.383 e. The van der Waals surface area contributed by atoms with E-state index >= 15 is 0 Å². The highest BCUT2D eigenvalue weighted by atomic mass is 35.5. The lowest BCUT2D eigenvalue weighted by atomic mass is 9.99. The molecule has 1 aliphatic heterocycles. The van der Waals surface area contributed by atoms with Crippen LogP contribution in [0.25, 0.3) is 0 Å². The maximum atomic E-state index is 12.6. The van der Waals surface area contributed by atoms with Gasteiger partial charge in [-0.05, 0) is 25.5 Å². The number of benzene rings is 1. The van der Waals surface area contributed by atoms with Crippen LogP contribution in [0.15, 0.2) is 17.0 Å². The number of nitrogens with one attached hydrogen (secondary N) is 2. The van der Waals surface area contributed by atoms with Crippen LogP contribution in [-0.2, 0) is 14.8 Å². The quantitative estimate of drug-likeness (QED) is 0.537. The van der Waals surface area contributed by atoms with Gasteiger partial charge in [-0.15, -0.1) is 0 Å². The molecule has 0 radical (unpaired) electrons. The second-order valence-corrected chi connectivity index (χ2v) is 8.11. The molecule has 8 nitrogen and oxygen atoms in total. The second-order valence-electron chi connectivity index (χ2n) is 5.56. The number of nitrogens with zero attached hydrogens (tertiary/aromatic N) is 1. The third kappa shape index (κ3) is 4.16. The summed E-state index contributed by atoms with van der Waals surface area (Å²) in [4.78, 5) is 9.74. The maximum absolute atomic E-state index is 12.6. The Balaban J connectivity index is 2.33. The van der Waals surface area contributed by atoms with Gasteiger partial charge >= 0.3 is 0 Å². The van der Waals surface area contributed by atoms with E-state index in [4.69, 9.17) is 27.9 Å². The van der Waals surface area contributed by atoms with Crippen molar-refractivity contribution in [3.8, 4) is 0 Å². The van der Waals surface area contributed by atoms with Crippen molar-refractivity contribution in [1.29, 1.82) is 0 Å². The molecule has 1 heterocycles. The molecule has 11 heteroatoms. The molecule has 134 valence electrons. The SMILES string of the molecule is COCC1(CNS(=O)(=O)c2c(Cl)cc(Cl)cc2[N+](=O)[O-])CCCN1. The van der Waals surface area contributed by atoms with E-state index in [0.29, 0.717) is 6.61 Å². The fraction of sp³-hybridized carbons (Fsp3) is 0.538. The highest BCUT2D eigenvalue weighted by Gasteiger charge is 2.37. The van der Waals surface area contributed by atoms with E-state index in [1.807, 2.05) is 0 Å². The predicted molar refractivity (Wildman–Crippen MR) is 90.1 cm³/mol. The number of hydrogen-bond donors (Lipinski definition) is 2. The Hall–Kier alpha value is -0.970. The summed E-state index contributed by atoms with van der Waals surface area (Å²) >= 11 is 11.6. The van der Waals surface area contributed by atoms with Crippen molar-refractivity contribution in [3.05, 3.63) is 32.3 Å². The van der Waals surface area contributed by atoms with Gasteiger partial charge in [-0.3, -0.25) is 10.1 Å². The van der Waals surface area contributed by atoms with Crippen LogP contribution < -0.4 is 10.0 Å². The molecule has 2 rings (SSSR count). The zero-order valence-corrected chi connectivity index (χ0v) is 15.2. The van der Waals surface area contributed by atoms with Gasteiger partial charge in [0.25, 0.3) is 5.69 Å². The van der Waals surface area contributed by atoms with Crippen LogP contribution in [0.1, 0.15) is 12.8 Å². The maximum Gasteiger partial charge on any atom is 0.292 e. The molecule has 0 bridgehead atoms. The minimum absolute atomic E-state index is 0.0148. The molecule has 0 aromatic heterocycles. The van der Waals surface area contributed by atoms with Gasteiger partial charge in [0.1, 0.15) is 0 Å². The number of ether oxygens (including phenoxy) is 1. The molecule has 1 unspecified atom stereocenters. The van der Waals surface area contributed by atoms with Gasteiger partial charge in [0.2, 0.25) is 10.0 Å². The van der Waals surface area contributed by atoms with Crippen molar-refractivity contribution in [2.24, 2.45) is 0 Å². The summed E-state index contributed by atoms with van der Waals surface area (Å²) in [6, 6.07) is 2.12. The predicted octanol–water partition coefficient (Wildman–Crippen LogP) is 1.95. The van der Waals surface area contributed by atoms with E-state index in [0.717, 1.165) is 31.5 Å². The lowest BCUT2D eigenvalue weighted by molar-refractivity contribution is -0.387. The van der Waals surface area contributed by atoms with E-state index < -0.39 is 31.1 Å². The highest BCUT2D eigenvalue weighted by Crippen LogP contribution is 2.34. The number of rotatable bonds is 7. The first kappa shape index (κ1) is 19.4. The van der Waals surface area contributed by atoms with Crippen LogP contribution in [-0.4, -0.2) is 45.7 Å². The van der Waals surface area contributed by atoms with E-state index in [2.05, 4.69) is 10.0 Å². The van der Waals surface area contributed by atoms with E-state index in [1.165, 1.54) is 7.11 Å². The van der Waals surface area contributed by atoms with Crippen molar-refractivity contribution in [1.82, 2.24) is 10.0 Å². The second kappa shape index (κ2) is 7.51. The molecule has 1 saturated heterocycles. The number of nitro benzene ring substituents is 1. The minimum atomic E-state index is -4.21. The molecular weight excluding hydrogens is 381 g/mol. The van der Waals surface area contributed by atoms with Crippen molar-refractivity contribution in [2.75, 3.05) is 26.8 Å². The molecule has 1 aromatic rings. The van der Waals surface area contributed by atoms with E-state index in [1.54, 1.807) is 0 Å². The topological polar surface area (TPSA) is 111 Å². The Bertz CT molecular complexity index is 735. The fourth-order valence-corrected chi connectivity index (χ4v) is 4.85. The molecule has 0 spiro atoms. The third-order valence-electron chi connectivity index (χ3n) is 3.81. The van der Waals surface area contributed by atoms with Crippen LogP contribution in [0.2, 0.25) is 10.0 Å². The summed E-state index contributed by atoms with van der Waals surface area (Å²) in [6.45, 7) is 1.08. The number of halogens is 2. The average molecular weight is 398 g/mol. The largest absolute Gasteiger partial charge is 0.383 e. The average Bonchev–Trinajstić information content (AvgIpc) is 2.93. The molecule has 2 N–H and O–H groups in total. The van der Waals surface area contributed by atoms with E-state index in [9.17, 15) is 18.5 Å². The molecule has 0 saturated carbocycles. The van der Waals surface area contributed by atoms with Gasteiger partial charge in [-0.2, -0.15) is 0 Å². The summed E-state index contributed by atoms with van der Waals surface area (Å²) in [7, 11) is -2.68. The summed E-state index contributed by atoms with van der Waals surface area (Å²) in [6.07, 6.45) is 1.60. The lowest BCUT2D eigenvalue weighted by Crippen LogP contribution is -2.52. The first-order chi connectivity index (χ1) is 11.2. The first-order valence-corrected chi connectivity index (χ1v) is 9.32. The molecule has 1 aromatic carbocycles. The Kier molecular flexibility index (Phi) is 6.05.